The molecule has 26 heavy (non-hydrogen) atoms. The van der Waals surface area contributed by atoms with Gasteiger partial charge in [0.15, 0.2) is 5.78 Å². The van der Waals surface area contributed by atoms with E-state index in [0.29, 0.717) is 18.3 Å². The molecule has 0 bridgehead atoms. The first-order valence-corrected chi connectivity index (χ1v) is 9.93. The van der Waals surface area contributed by atoms with E-state index in [-0.39, 0.29) is 28.4 Å². The Morgan fingerprint density at radius 1 is 1.27 bits per heavy atom. The van der Waals surface area contributed by atoms with Gasteiger partial charge in [0.2, 0.25) is 0 Å². The van der Waals surface area contributed by atoms with E-state index < -0.39 is 12.7 Å². The maximum absolute atomic E-state index is 12.3. The predicted octanol–water partition coefficient (Wildman–Crippen LogP) is 3.08. The number of aldehydes is 1. The minimum Gasteiger partial charge on any atom is -0.393 e. The minimum atomic E-state index is -0.509. The van der Waals surface area contributed by atoms with Gasteiger partial charge in [0.1, 0.15) is 12.9 Å². The third-order valence-corrected chi connectivity index (χ3v) is 7.91. The van der Waals surface area contributed by atoms with Crippen LogP contribution in [-0.2, 0) is 9.59 Å². The van der Waals surface area contributed by atoms with Crippen LogP contribution in [0.25, 0.3) is 0 Å². The number of ketones is 1. The van der Waals surface area contributed by atoms with E-state index in [2.05, 4.69) is 19.9 Å². The first-order chi connectivity index (χ1) is 12.3. The SMILES string of the molecule is C/C=C\C1(C)/C(=C\C=O)CCC2C1C(O)CC1(C)C(C(=O)CO)CCC21. The van der Waals surface area contributed by atoms with E-state index >= 15 is 0 Å². The van der Waals surface area contributed by atoms with Gasteiger partial charge in [0.05, 0.1) is 6.10 Å². The number of fused-ring (bicyclic) bond motifs is 3. The molecule has 3 rings (SSSR count). The molecule has 4 heteroatoms. The summed E-state index contributed by atoms with van der Waals surface area (Å²) in [6, 6.07) is 0. The highest BCUT2D eigenvalue weighted by Crippen LogP contribution is 2.65. The lowest BCUT2D eigenvalue weighted by Gasteiger charge is -2.58. The minimum absolute atomic E-state index is 0.0692. The number of aliphatic hydroxyl groups is 2. The Balaban J connectivity index is 2.01. The molecule has 3 aliphatic carbocycles. The maximum Gasteiger partial charge on any atom is 0.161 e. The van der Waals surface area contributed by atoms with Crippen LogP contribution in [-0.4, -0.2) is 35.0 Å². The van der Waals surface area contributed by atoms with Gasteiger partial charge in [0.25, 0.3) is 0 Å². The standard InChI is InChI=1S/C22H32O4/c1-4-10-21(2)14(9-11-23)5-6-15-16-7-8-17(19(26)13-24)22(16,3)12-18(25)20(15)21/h4,9-11,15-18,20,24-25H,5-8,12-13H2,1-3H3/b10-4-,14-9-. The largest absolute Gasteiger partial charge is 0.393 e. The number of allylic oxidation sites excluding steroid dienone is 4. The fourth-order valence-electron chi connectivity index (χ4n) is 6.95. The van der Waals surface area contributed by atoms with Crippen molar-refractivity contribution >= 4 is 12.1 Å². The quantitative estimate of drug-likeness (QED) is 0.459. The summed E-state index contributed by atoms with van der Waals surface area (Å²) in [4.78, 5) is 23.5. The number of carbonyl (C=O) groups excluding carboxylic acids is 2. The van der Waals surface area contributed by atoms with E-state index in [1.54, 1.807) is 6.08 Å². The van der Waals surface area contributed by atoms with Crippen molar-refractivity contribution in [1.82, 2.24) is 0 Å². The molecule has 2 N–H and O–H groups in total. The van der Waals surface area contributed by atoms with Crippen molar-refractivity contribution in [3.05, 3.63) is 23.8 Å². The van der Waals surface area contributed by atoms with Crippen molar-refractivity contribution in [2.75, 3.05) is 6.61 Å². The molecule has 7 unspecified atom stereocenters. The topological polar surface area (TPSA) is 74.6 Å². The molecule has 0 radical (unpaired) electrons. The molecule has 0 aromatic rings. The fourth-order valence-corrected chi connectivity index (χ4v) is 6.95. The van der Waals surface area contributed by atoms with Crippen molar-refractivity contribution in [3.8, 4) is 0 Å². The fraction of sp³-hybridized carbons (Fsp3) is 0.727. The summed E-state index contributed by atoms with van der Waals surface area (Å²) >= 11 is 0. The van der Waals surface area contributed by atoms with Crippen LogP contribution in [0.5, 0.6) is 0 Å². The van der Waals surface area contributed by atoms with Gasteiger partial charge in [-0.3, -0.25) is 9.59 Å². The Bertz CT molecular complexity index is 636. The number of aliphatic hydroxyl groups excluding tert-OH is 2. The number of hydrogen-bond acceptors (Lipinski definition) is 4. The first kappa shape index (κ1) is 19.5. The van der Waals surface area contributed by atoms with Crippen molar-refractivity contribution < 1.29 is 19.8 Å². The van der Waals surface area contributed by atoms with Gasteiger partial charge in [-0.2, -0.15) is 0 Å². The lowest BCUT2D eigenvalue weighted by Crippen LogP contribution is -2.56. The molecular formula is C22H32O4. The summed E-state index contributed by atoms with van der Waals surface area (Å²) < 4.78 is 0. The number of carbonyl (C=O) groups is 2. The highest BCUT2D eigenvalue weighted by Gasteiger charge is 2.62. The molecule has 0 aliphatic heterocycles. The third kappa shape index (κ3) is 2.73. The second-order valence-corrected chi connectivity index (χ2v) is 8.98. The van der Waals surface area contributed by atoms with Gasteiger partial charge in [-0.1, -0.05) is 31.6 Å². The Labute approximate surface area is 156 Å². The molecule has 7 atom stereocenters. The molecule has 0 aromatic carbocycles. The van der Waals surface area contributed by atoms with Gasteiger partial charge in [0, 0.05) is 17.3 Å². The zero-order chi connectivity index (χ0) is 19.1. The van der Waals surface area contributed by atoms with Crippen LogP contribution in [0, 0.1) is 34.5 Å². The lowest BCUT2D eigenvalue weighted by atomic mass is 9.47. The van der Waals surface area contributed by atoms with Gasteiger partial charge >= 0.3 is 0 Å². The predicted molar refractivity (Wildman–Crippen MR) is 100 cm³/mol. The second-order valence-electron chi connectivity index (χ2n) is 8.98. The molecule has 3 fully saturated rings. The van der Waals surface area contributed by atoms with Crippen molar-refractivity contribution in [2.24, 2.45) is 34.5 Å². The molecular weight excluding hydrogens is 328 g/mol. The second kappa shape index (κ2) is 7.05. The molecule has 0 amide bonds. The van der Waals surface area contributed by atoms with Gasteiger partial charge in [-0.05, 0) is 62.4 Å². The molecule has 3 saturated carbocycles. The summed E-state index contributed by atoms with van der Waals surface area (Å²) in [5, 5.41) is 20.6. The Hall–Kier alpha value is -1.26. The summed E-state index contributed by atoms with van der Waals surface area (Å²) in [5.41, 5.74) is 0.553. The molecule has 4 nitrogen and oxygen atoms in total. The van der Waals surface area contributed by atoms with Crippen LogP contribution < -0.4 is 0 Å². The summed E-state index contributed by atoms with van der Waals surface area (Å²) in [7, 11) is 0. The Morgan fingerprint density at radius 3 is 2.62 bits per heavy atom. The summed E-state index contributed by atoms with van der Waals surface area (Å²) in [6.07, 6.45) is 10.4. The molecule has 0 saturated heterocycles. The highest BCUT2D eigenvalue weighted by atomic mass is 16.3. The first-order valence-electron chi connectivity index (χ1n) is 9.93. The lowest BCUT2D eigenvalue weighted by molar-refractivity contribution is -0.141. The van der Waals surface area contributed by atoms with Crippen molar-refractivity contribution in [3.63, 3.8) is 0 Å². The third-order valence-electron chi connectivity index (χ3n) is 7.91. The normalized spacial score (nSPS) is 47.0. The van der Waals surface area contributed by atoms with E-state index in [1.165, 1.54) is 0 Å². The number of Topliss-reactive ketones (excluding diaryl/α,β-unsaturated/α-hetero) is 1. The van der Waals surface area contributed by atoms with Gasteiger partial charge < -0.3 is 10.2 Å². The average molecular weight is 360 g/mol. The number of hydrogen-bond donors (Lipinski definition) is 2. The maximum atomic E-state index is 12.3. The highest BCUT2D eigenvalue weighted by molar-refractivity contribution is 5.83. The van der Waals surface area contributed by atoms with E-state index in [4.69, 9.17) is 0 Å². The van der Waals surface area contributed by atoms with Crippen LogP contribution in [0.3, 0.4) is 0 Å². The van der Waals surface area contributed by atoms with Crippen molar-refractivity contribution in [1.29, 1.82) is 0 Å². The average Bonchev–Trinajstić information content (AvgIpc) is 2.93. The zero-order valence-corrected chi connectivity index (χ0v) is 16.1. The monoisotopic (exact) mass is 360 g/mol. The molecule has 144 valence electrons. The van der Waals surface area contributed by atoms with E-state index in [1.807, 2.05) is 13.0 Å². The molecule has 3 aliphatic rings. The summed E-state index contributed by atoms with van der Waals surface area (Å²) in [5.74, 6) is 0.575. The number of rotatable bonds is 4. The van der Waals surface area contributed by atoms with Crippen LogP contribution in [0.15, 0.2) is 23.8 Å². The molecule has 0 heterocycles. The van der Waals surface area contributed by atoms with Crippen LogP contribution in [0.2, 0.25) is 0 Å². The summed E-state index contributed by atoms with van der Waals surface area (Å²) in [6.45, 7) is 5.88. The smallest absolute Gasteiger partial charge is 0.161 e. The Kier molecular flexibility index (Phi) is 5.28. The van der Waals surface area contributed by atoms with E-state index in [0.717, 1.165) is 37.5 Å². The zero-order valence-electron chi connectivity index (χ0n) is 16.1. The molecule has 0 aromatic heterocycles. The Morgan fingerprint density at radius 2 is 2.00 bits per heavy atom. The molecule has 0 spiro atoms. The van der Waals surface area contributed by atoms with Crippen LogP contribution >= 0.6 is 0 Å². The van der Waals surface area contributed by atoms with Gasteiger partial charge in [-0.15, -0.1) is 0 Å². The van der Waals surface area contributed by atoms with Crippen LogP contribution in [0.4, 0.5) is 0 Å². The van der Waals surface area contributed by atoms with E-state index in [9.17, 15) is 19.8 Å². The van der Waals surface area contributed by atoms with Crippen LogP contribution in [0.1, 0.15) is 52.9 Å². The van der Waals surface area contributed by atoms with Gasteiger partial charge in [-0.25, -0.2) is 0 Å². The van der Waals surface area contributed by atoms with Crippen molar-refractivity contribution in [2.45, 2.75) is 59.0 Å².